The molecule has 1 rings (SSSR count). The van der Waals surface area contributed by atoms with Gasteiger partial charge in [0, 0.05) is 19.0 Å². The van der Waals surface area contributed by atoms with Crippen LogP contribution in [0.25, 0.3) is 0 Å². The zero-order chi connectivity index (χ0) is 10.3. The van der Waals surface area contributed by atoms with E-state index in [0.29, 0.717) is 11.9 Å². The Morgan fingerprint density at radius 2 is 1.65 bits per heavy atom. The summed E-state index contributed by atoms with van der Waals surface area (Å²) in [5.74, 6) is 0.342. The molecule has 110 valence electrons. The van der Waals surface area contributed by atoms with Crippen molar-refractivity contribution in [3.63, 3.8) is 0 Å². The summed E-state index contributed by atoms with van der Waals surface area (Å²) in [6.07, 6.45) is 2.90. The molecule has 0 saturated carbocycles. The van der Waals surface area contributed by atoms with Gasteiger partial charge in [-0.2, -0.15) is 0 Å². The molecule has 0 radical (unpaired) electrons. The lowest BCUT2D eigenvalue weighted by atomic mass is 10.2. The lowest BCUT2D eigenvalue weighted by molar-refractivity contribution is -0.129. The predicted octanol–water partition coefficient (Wildman–Crippen LogP) is 5.77. The summed E-state index contributed by atoms with van der Waals surface area (Å²) < 4.78 is 1.19. The first-order valence-corrected chi connectivity index (χ1v) is 7.63. The highest BCUT2D eigenvalue weighted by Gasteiger charge is 2.23. The maximum absolute atomic E-state index is 11.1. The van der Waals surface area contributed by atoms with E-state index in [9.17, 15) is 4.79 Å². The number of halogens is 2. The van der Waals surface area contributed by atoms with Crippen LogP contribution in [-0.2, 0) is 4.79 Å². The van der Waals surface area contributed by atoms with Crippen LogP contribution in [0.15, 0.2) is 0 Å². The molecule has 1 saturated heterocycles. The number of carbonyl (C=O) groups excluding carboxylic acids is 1. The van der Waals surface area contributed by atoms with Gasteiger partial charge in [-0.05, 0) is 19.8 Å². The minimum atomic E-state index is 0. The number of hydrogen-bond acceptors (Lipinski definition) is 1. The monoisotopic (exact) mass is 473 g/mol. The third kappa shape index (κ3) is 13.2. The average molecular weight is 473 g/mol. The van der Waals surface area contributed by atoms with Crippen LogP contribution >= 0.6 is 45.2 Å². The standard InChI is InChI=1S/C8H15NO.CH2I2.4CH4/c1-3-7(2)9-6-4-5-8(9)10;2-1-3;;;;/h7H,3-6H2,1-2H3;1H2;4*1H4. The number of likely N-dealkylation sites (tertiary alicyclic amines) is 1. The molecule has 1 aliphatic heterocycles. The van der Waals surface area contributed by atoms with E-state index in [0.717, 1.165) is 25.8 Å². The predicted molar refractivity (Wildman–Crippen MR) is 101 cm³/mol. The van der Waals surface area contributed by atoms with Gasteiger partial charge >= 0.3 is 0 Å². The highest BCUT2D eigenvalue weighted by molar-refractivity contribution is 14.2. The fourth-order valence-electron chi connectivity index (χ4n) is 1.36. The van der Waals surface area contributed by atoms with Gasteiger partial charge in [-0.25, -0.2) is 0 Å². The molecular formula is C13H33I2NO. The topological polar surface area (TPSA) is 20.3 Å². The number of alkyl halides is 2. The van der Waals surface area contributed by atoms with E-state index in [1.807, 2.05) is 4.90 Å². The van der Waals surface area contributed by atoms with Crippen molar-refractivity contribution >= 4 is 51.1 Å². The van der Waals surface area contributed by atoms with Crippen LogP contribution in [0.2, 0.25) is 0 Å². The Labute approximate surface area is 138 Å². The fraction of sp³-hybridized carbons (Fsp3) is 0.923. The number of amides is 1. The number of hydrogen-bond donors (Lipinski definition) is 0. The molecule has 2 nitrogen and oxygen atoms in total. The first kappa shape index (κ1) is 30.7. The Bertz CT molecular complexity index is 154. The summed E-state index contributed by atoms with van der Waals surface area (Å²) in [5, 5.41) is 0. The van der Waals surface area contributed by atoms with Crippen molar-refractivity contribution in [2.75, 3.05) is 8.98 Å². The van der Waals surface area contributed by atoms with Gasteiger partial charge in [0.05, 0.1) is 2.43 Å². The highest BCUT2D eigenvalue weighted by Crippen LogP contribution is 2.14. The molecule has 0 aliphatic carbocycles. The van der Waals surface area contributed by atoms with Crippen LogP contribution in [0.5, 0.6) is 0 Å². The summed E-state index contributed by atoms with van der Waals surface area (Å²) >= 11 is 4.55. The van der Waals surface area contributed by atoms with Crippen molar-refractivity contribution in [1.29, 1.82) is 0 Å². The molecule has 1 unspecified atom stereocenters. The molecular weight excluding hydrogens is 440 g/mol. The second-order valence-corrected chi connectivity index (χ2v) is 7.49. The van der Waals surface area contributed by atoms with Crippen LogP contribution < -0.4 is 0 Å². The quantitative estimate of drug-likeness (QED) is 0.369. The van der Waals surface area contributed by atoms with E-state index in [4.69, 9.17) is 0 Å². The van der Waals surface area contributed by atoms with Gasteiger partial charge in [0.25, 0.3) is 0 Å². The van der Waals surface area contributed by atoms with E-state index in [2.05, 4.69) is 59.0 Å². The highest BCUT2D eigenvalue weighted by atomic mass is 127. The lowest BCUT2D eigenvalue weighted by Gasteiger charge is -2.22. The van der Waals surface area contributed by atoms with E-state index < -0.39 is 0 Å². The van der Waals surface area contributed by atoms with Gasteiger partial charge in [0.15, 0.2) is 0 Å². The third-order valence-electron chi connectivity index (χ3n) is 2.23. The van der Waals surface area contributed by atoms with Crippen molar-refractivity contribution in [2.45, 2.75) is 68.9 Å². The van der Waals surface area contributed by atoms with Gasteiger partial charge in [-0.1, -0.05) is 81.8 Å². The summed E-state index contributed by atoms with van der Waals surface area (Å²) in [6, 6.07) is 0.454. The largest absolute Gasteiger partial charge is 0.340 e. The van der Waals surface area contributed by atoms with Crippen LogP contribution in [0.1, 0.15) is 62.8 Å². The molecule has 0 N–H and O–H groups in total. The van der Waals surface area contributed by atoms with Crippen molar-refractivity contribution in [3.8, 4) is 0 Å². The smallest absolute Gasteiger partial charge is 0.222 e. The second kappa shape index (κ2) is 19.3. The normalized spacial score (nSPS) is 13.9. The Kier molecular flexibility index (Phi) is 34.9. The molecule has 1 amide bonds. The Morgan fingerprint density at radius 1 is 1.24 bits per heavy atom. The van der Waals surface area contributed by atoms with Gasteiger partial charge < -0.3 is 4.90 Å². The molecule has 0 aromatic heterocycles. The molecule has 1 aliphatic rings. The first-order chi connectivity index (χ1) is 6.17. The first-order valence-electron chi connectivity index (χ1n) is 4.58. The maximum atomic E-state index is 11.1. The molecule has 17 heavy (non-hydrogen) atoms. The third-order valence-corrected chi connectivity index (χ3v) is 2.23. The van der Waals surface area contributed by atoms with E-state index >= 15 is 0 Å². The summed E-state index contributed by atoms with van der Waals surface area (Å²) in [5.41, 5.74) is 0. The molecule has 1 atom stereocenters. The summed E-state index contributed by atoms with van der Waals surface area (Å²) in [4.78, 5) is 13.1. The molecule has 0 aromatic carbocycles. The van der Waals surface area contributed by atoms with Crippen molar-refractivity contribution in [1.82, 2.24) is 4.90 Å². The van der Waals surface area contributed by atoms with Gasteiger partial charge in [0.2, 0.25) is 5.91 Å². The molecule has 0 bridgehead atoms. The Hall–Kier alpha value is 0.930. The van der Waals surface area contributed by atoms with E-state index in [1.165, 1.54) is 2.43 Å². The second-order valence-electron chi connectivity index (χ2n) is 3.05. The van der Waals surface area contributed by atoms with Crippen LogP contribution in [0, 0.1) is 0 Å². The summed E-state index contributed by atoms with van der Waals surface area (Å²) in [6.45, 7) is 5.22. The zero-order valence-electron chi connectivity index (χ0n) is 8.22. The maximum Gasteiger partial charge on any atom is 0.222 e. The van der Waals surface area contributed by atoms with Crippen molar-refractivity contribution in [3.05, 3.63) is 0 Å². The molecule has 0 spiro atoms. The number of carbonyl (C=O) groups is 1. The Morgan fingerprint density at radius 3 is 1.88 bits per heavy atom. The zero-order valence-corrected chi connectivity index (χ0v) is 12.5. The van der Waals surface area contributed by atoms with Crippen molar-refractivity contribution in [2.24, 2.45) is 0 Å². The van der Waals surface area contributed by atoms with Gasteiger partial charge in [-0.15, -0.1) is 0 Å². The minimum Gasteiger partial charge on any atom is -0.340 e. The van der Waals surface area contributed by atoms with Crippen LogP contribution in [-0.4, -0.2) is 25.8 Å². The van der Waals surface area contributed by atoms with Gasteiger partial charge in [-0.3, -0.25) is 4.79 Å². The molecule has 1 fully saturated rings. The molecule has 1 heterocycles. The van der Waals surface area contributed by atoms with E-state index in [1.54, 1.807) is 0 Å². The average Bonchev–Trinajstić information content (AvgIpc) is 2.52. The van der Waals surface area contributed by atoms with E-state index in [-0.39, 0.29) is 29.7 Å². The SMILES string of the molecule is C.C.C.C.CCC(C)N1CCCC1=O.ICI. The lowest BCUT2D eigenvalue weighted by Crippen LogP contribution is -2.33. The number of rotatable bonds is 2. The molecule has 0 aromatic rings. The summed E-state index contributed by atoms with van der Waals surface area (Å²) in [7, 11) is 0. The van der Waals surface area contributed by atoms with Crippen LogP contribution in [0.3, 0.4) is 0 Å². The molecule has 4 heteroatoms. The number of nitrogens with zero attached hydrogens (tertiary/aromatic N) is 1. The minimum absolute atomic E-state index is 0. The van der Waals surface area contributed by atoms with Gasteiger partial charge in [0.1, 0.15) is 0 Å². The Balaban J connectivity index is -0.0000000629. The fourth-order valence-corrected chi connectivity index (χ4v) is 1.36. The van der Waals surface area contributed by atoms with Crippen LogP contribution in [0.4, 0.5) is 0 Å². The van der Waals surface area contributed by atoms with Crippen molar-refractivity contribution < 1.29 is 4.79 Å².